The van der Waals surface area contributed by atoms with Crippen molar-refractivity contribution in [2.45, 2.75) is 264 Å². The first-order chi connectivity index (χ1) is 37.5. The Hall–Kier alpha value is -4.71. The molecule has 0 aromatic heterocycles. The van der Waals surface area contributed by atoms with Gasteiger partial charge in [0, 0.05) is 19.3 Å². The predicted molar refractivity (Wildman–Crippen MR) is 329 cm³/mol. The lowest BCUT2D eigenvalue weighted by molar-refractivity contribution is -0.167. The quantitative estimate of drug-likeness (QED) is 0.0261. The lowest BCUT2D eigenvalue weighted by atomic mass is 10.1. The maximum Gasteiger partial charge on any atom is 0.306 e. The van der Waals surface area contributed by atoms with Gasteiger partial charge in [0.15, 0.2) is 6.10 Å². The number of hydrogen-bond acceptors (Lipinski definition) is 6. The zero-order chi connectivity index (χ0) is 55.0. The average molecular weight is 1050 g/mol. The van der Waals surface area contributed by atoms with Crippen LogP contribution < -0.4 is 0 Å². The lowest BCUT2D eigenvalue weighted by Crippen LogP contribution is -2.30. The van der Waals surface area contributed by atoms with Crippen molar-refractivity contribution in [3.05, 3.63) is 146 Å². The van der Waals surface area contributed by atoms with E-state index in [2.05, 4.69) is 167 Å². The SMILES string of the molecule is CC/C=C\C/C=C\C/C=C\C/C=C\C/C=C\C/C=C\CCCCC(=O)OCC(COC(=O)CCCCCCCCC/C=C\C/C=C\CCCCCC)OC(=O)CCCCCCCC/C=C\C/C=C\C/C=C\C/C=C\CC. The van der Waals surface area contributed by atoms with Crippen LogP contribution in [0.3, 0.4) is 0 Å². The molecule has 0 aromatic carbocycles. The molecule has 0 bridgehead atoms. The number of unbranched alkanes of at least 4 members (excludes halogenated alkanes) is 19. The van der Waals surface area contributed by atoms with Crippen LogP contribution >= 0.6 is 0 Å². The predicted octanol–water partition coefficient (Wildman–Crippen LogP) is 21.2. The van der Waals surface area contributed by atoms with E-state index in [0.717, 1.165) is 141 Å². The van der Waals surface area contributed by atoms with Crippen LogP contribution in [0.4, 0.5) is 0 Å². The molecule has 0 N–H and O–H groups in total. The van der Waals surface area contributed by atoms with Crippen molar-refractivity contribution in [2.24, 2.45) is 0 Å². The molecule has 76 heavy (non-hydrogen) atoms. The lowest BCUT2D eigenvalue weighted by Gasteiger charge is -2.18. The maximum absolute atomic E-state index is 12.9. The first-order valence-corrected chi connectivity index (χ1v) is 30.8. The van der Waals surface area contributed by atoms with Gasteiger partial charge >= 0.3 is 17.9 Å². The van der Waals surface area contributed by atoms with Crippen LogP contribution in [0.1, 0.15) is 258 Å². The molecule has 0 amide bonds. The number of hydrogen-bond donors (Lipinski definition) is 0. The summed E-state index contributed by atoms with van der Waals surface area (Å²) in [5.41, 5.74) is 0. The standard InChI is InChI=1S/C70H112O6/c1-4-7-10-13-16-19-22-25-28-31-34-35-37-39-42-45-48-51-54-57-60-63-69(72)75-66-67(65-74-68(71)62-59-56-53-50-47-44-41-38-33-30-27-24-21-18-15-12-9-6-3)76-70(73)64-61-58-55-52-49-46-43-40-36-32-29-26-23-20-17-14-11-8-5-2/h7-8,10-11,16-17,19-21,24-26,28-30,33-36,39-40,42,48,51,67H,4-6,9,12-15,18,22-23,27,31-32,37-38,41,43-47,49-50,52-66H2,1-3H3/b10-7-,11-8-,19-16-,20-17-,24-21-,28-25-,29-26-,33-30-,35-34-,40-36-,42-39-,51-48-. The number of ether oxygens (including phenoxy) is 3. The highest BCUT2D eigenvalue weighted by Gasteiger charge is 2.19. The van der Waals surface area contributed by atoms with Crippen LogP contribution in [0.2, 0.25) is 0 Å². The number of carbonyl (C=O) groups excluding carboxylic acids is 3. The molecule has 0 aromatic rings. The second kappa shape index (κ2) is 62.8. The summed E-state index contributed by atoms with van der Waals surface area (Å²) in [5.74, 6) is -0.976. The van der Waals surface area contributed by atoms with Gasteiger partial charge < -0.3 is 14.2 Å². The first kappa shape index (κ1) is 71.3. The first-order valence-electron chi connectivity index (χ1n) is 30.8. The molecule has 6 heteroatoms. The van der Waals surface area contributed by atoms with E-state index in [9.17, 15) is 14.4 Å². The van der Waals surface area contributed by atoms with E-state index < -0.39 is 6.10 Å². The molecule has 0 rings (SSSR count). The zero-order valence-electron chi connectivity index (χ0n) is 49.0. The van der Waals surface area contributed by atoms with Crippen molar-refractivity contribution in [3.8, 4) is 0 Å². The molecule has 6 nitrogen and oxygen atoms in total. The molecule has 0 fully saturated rings. The molecule has 428 valence electrons. The van der Waals surface area contributed by atoms with Crippen LogP contribution in [0, 0.1) is 0 Å². The summed E-state index contributed by atoms with van der Waals surface area (Å²) in [7, 11) is 0. The fraction of sp³-hybridized carbons (Fsp3) is 0.614. The van der Waals surface area contributed by atoms with Gasteiger partial charge in [-0.05, 0) is 141 Å². The number of rotatable bonds is 54. The highest BCUT2D eigenvalue weighted by atomic mass is 16.6. The largest absolute Gasteiger partial charge is 0.462 e. The van der Waals surface area contributed by atoms with Crippen LogP contribution in [0.15, 0.2) is 146 Å². The Morgan fingerprint density at radius 2 is 0.513 bits per heavy atom. The average Bonchev–Trinajstić information content (AvgIpc) is 3.42. The van der Waals surface area contributed by atoms with E-state index in [1.54, 1.807) is 0 Å². The van der Waals surface area contributed by atoms with Gasteiger partial charge in [0.1, 0.15) is 13.2 Å². The molecule has 1 unspecified atom stereocenters. The third-order valence-corrected chi connectivity index (χ3v) is 12.6. The minimum Gasteiger partial charge on any atom is -0.462 e. The summed E-state index contributed by atoms with van der Waals surface area (Å²) in [6.45, 7) is 6.34. The van der Waals surface area contributed by atoms with E-state index >= 15 is 0 Å². The third kappa shape index (κ3) is 60.2. The Kier molecular flexibility index (Phi) is 58.9. The Morgan fingerprint density at radius 3 is 0.829 bits per heavy atom. The fourth-order valence-electron chi connectivity index (χ4n) is 8.00. The van der Waals surface area contributed by atoms with Gasteiger partial charge in [-0.25, -0.2) is 0 Å². The zero-order valence-corrected chi connectivity index (χ0v) is 49.0. The summed E-state index contributed by atoms with van der Waals surface area (Å²) in [6, 6.07) is 0. The third-order valence-electron chi connectivity index (χ3n) is 12.6. The number of carbonyl (C=O) groups is 3. The summed E-state index contributed by atoms with van der Waals surface area (Å²) < 4.78 is 16.9. The van der Waals surface area contributed by atoms with Crippen LogP contribution in [-0.4, -0.2) is 37.2 Å². The summed E-state index contributed by atoms with van der Waals surface area (Å²) in [4.78, 5) is 38.3. The van der Waals surface area contributed by atoms with Crippen molar-refractivity contribution >= 4 is 17.9 Å². The molecule has 0 aliphatic rings. The van der Waals surface area contributed by atoms with E-state index in [1.807, 2.05) is 0 Å². The molecule has 0 aliphatic heterocycles. The molecule has 0 heterocycles. The number of esters is 3. The highest BCUT2D eigenvalue weighted by molar-refractivity contribution is 5.71. The van der Waals surface area contributed by atoms with Gasteiger partial charge in [0.2, 0.25) is 0 Å². The Labute approximate surface area is 467 Å². The van der Waals surface area contributed by atoms with E-state index in [-0.39, 0.29) is 31.1 Å². The van der Waals surface area contributed by atoms with Gasteiger partial charge in [-0.1, -0.05) is 244 Å². The van der Waals surface area contributed by atoms with Crippen molar-refractivity contribution < 1.29 is 28.6 Å². The minimum atomic E-state index is -0.815. The van der Waals surface area contributed by atoms with E-state index in [4.69, 9.17) is 14.2 Å². The summed E-state index contributed by atoms with van der Waals surface area (Å²) >= 11 is 0. The molecule has 0 radical (unpaired) electrons. The summed E-state index contributed by atoms with van der Waals surface area (Å²) in [5, 5.41) is 0. The van der Waals surface area contributed by atoms with E-state index in [0.29, 0.717) is 25.7 Å². The van der Waals surface area contributed by atoms with Crippen LogP contribution in [0.25, 0.3) is 0 Å². The second-order valence-electron chi connectivity index (χ2n) is 19.8. The van der Waals surface area contributed by atoms with Gasteiger partial charge in [-0.15, -0.1) is 0 Å². The maximum atomic E-state index is 12.9. The van der Waals surface area contributed by atoms with Gasteiger partial charge in [0.25, 0.3) is 0 Å². The molecular weight excluding hydrogens is 937 g/mol. The molecular formula is C70H112O6. The molecule has 0 saturated carbocycles. The molecule has 0 spiro atoms. The van der Waals surface area contributed by atoms with Gasteiger partial charge in [-0.2, -0.15) is 0 Å². The monoisotopic (exact) mass is 1050 g/mol. The van der Waals surface area contributed by atoms with Crippen molar-refractivity contribution in [1.82, 2.24) is 0 Å². The van der Waals surface area contributed by atoms with Crippen molar-refractivity contribution in [1.29, 1.82) is 0 Å². The van der Waals surface area contributed by atoms with Crippen LogP contribution in [-0.2, 0) is 28.6 Å². The van der Waals surface area contributed by atoms with E-state index in [1.165, 1.54) is 70.6 Å². The fourth-order valence-corrected chi connectivity index (χ4v) is 8.00. The molecule has 1 atom stereocenters. The second-order valence-corrected chi connectivity index (χ2v) is 19.8. The van der Waals surface area contributed by atoms with Crippen LogP contribution in [0.5, 0.6) is 0 Å². The minimum absolute atomic E-state index is 0.108. The molecule has 0 aliphatic carbocycles. The van der Waals surface area contributed by atoms with Gasteiger partial charge in [-0.3, -0.25) is 14.4 Å². The number of allylic oxidation sites excluding steroid dienone is 24. The van der Waals surface area contributed by atoms with Crippen molar-refractivity contribution in [3.63, 3.8) is 0 Å². The Balaban J connectivity index is 4.54. The molecule has 0 saturated heterocycles. The topological polar surface area (TPSA) is 78.9 Å². The van der Waals surface area contributed by atoms with Crippen molar-refractivity contribution in [2.75, 3.05) is 13.2 Å². The smallest absolute Gasteiger partial charge is 0.306 e. The van der Waals surface area contributed by atoms with Gasteiger partial charge in [0.05, 0.1) is 0 Å². The highest BCUT2D eigenvalue weighted by Crippen LogP contribution is 2.14. The Morgan fingerprint density at radius 1 is 0.276 bits per heavy atom. The Bertz CT molecular complexity index is 1680. The summed E-state index contributed by atoms with van der Waals surface area (Å²) in [6.07, 6.45) is 89.8. The normalized spacial score (nSPS) is 13.1.